The van der Waals surface area contributed by atoms with Crippen LogP contribution in [0.2, 0.25) is 105 Å². The van der Waals surface area contributed by atoms with Gasteiger partial charge in [-0.2, -0.15) is 0 Å². The molecule has 0 radical (unpaired) electrons. The van der Waals surface area contributed by atoms with Crippen molar-refractivity contribution in [3.63, 3.8) is 0 Å². The van der Waals surface area contributed by atoms with Gasteiger partial charge in [0, 0.05) is 0 Å². The van der Waals surface area contributed by atoms with Crippen LogP contribution >= 0.6 is 0 Å². The Hall–Kier alpha value is 1.28. The second-order valence-electron chi connectivity index (χ2n) is 11.8. The first kappa shape index (κ1) is 30.3. The van der Waals surface area contributed by atoms with Crippen LogP contribution in [0.15, 0.2) is 0 Å². The molecule has 0 atom stereocenters. The highest BCUT2D eigenvalue weighted by Crippen LogP contribution is 2.28. The molecular formula is C16H48O6Si7. The molecule has 176 valence electrons. The van der Waals surface area contributed by atoms with E-state index in [2.05, 4.69) is 105 Å². The Bertz CT molecular complexity index is 493. The third-order valence-electron chi connectivity index (χ3n) is 3.07. The maximum absolute atomic E-state index is 6.57. The van der Waals surface area contributed by atoms with Gasteiger partial charge in [-0.3, -0.25) is 0 Å². The van der Waals surface area contributed by atoms with Gasteiger partial charge in [0.05, 0.1) is 0 Å². The molecule has 0 amide bonds. The van der Waals surface area contributed by atoms with E-state index in [4.69, 9.17) is 24.7 Å². The molecule has 0 fully saturated rings. The Balaban J connectivity index is 5.15. The van der Waals surface area contributed by atoms with Gasteiger partial charge in [0.15, 0.2) is 16.6 Å². The lowest BCUT2D eigenvalue weighted by Gasteiger charge is -2.43. The standard InChI is InChI=1S/C16H48O6Si7/c1-23(2,3)17-25(7,8)19-27(11,12)21-29(15,16)22-28(13,14)20-26(9,10)18-24(4,5)6/h1-16H3. The van der Waals surface area contributed by atoms with E-state index in [9.17, 15) is 0 Å². The van der Waals surface area contributed by atoms with E-state index in [1.54, 1.807) is 0 Å². The van der Waals surface area contributed by atoms with Crippen LogP contribution in [0.3, 0.4) is 0 Å². The molecular weight excluding hydrogens is 485 g/mol. The van der Waals surface area contributed by atoms with Gasteiger partial charge >= 0.3 is 42.8 Å². The van der Waals surface area contributed by atoms with Gasteiger partial charge < -0.3 is 24.7 Å². The third kappa shape index (κ3) is 15.7. The average Bonchev–Trinajstić information content (AvgIpc) is 2.10. The van der Waals surface area contributed by atoms with Gasteiger partial charge in [-0.15, -0.1) is 0 Å². The van der Waals surface area contributed by atoms with Crippen molar-refractivity contribution in [2.24, 2.45) is 0 Å². The van der Waals surface area contributed by atoms with Gasteiger partial charge in [0.1, 0.15) is 0 Å². The maximum Gasteiger partial charge on any atom is 0.314 e. The first-order valence-corrected chi connectivity index (χ1v) is 31.3. The van der Waals surface area contributed by atoms with Crippen LogP contribution in [0.1, 0.15) is 0 Å². The largest absolute Gasteiger partial charge is 0.437 e. The van der Waals surface area contributed by atoms with Crippen molar-refractivity contribution in [3.8, 4) is 0 Å². The molecule has 0 aliphatic carbocycles. The Kier molecular flexibility index (Phi) is 10.1. The van der Waals surface area contributed by atoms with Gasteiger partial charge in [-0.05, 0) is 105 Å². The second-order valence-corrected chi connectivity index (χ2v) is 39.2. The van der Waals surface area contributed by atoms with Crippen LogP contribution in [0.5, 0.6) is 0 Å². The van der Waals surface area contributed by atoms with Crippen molar-refractivity contribution in [3.05, 3.63) is 0 Å². The van der Waals surface area contributed by atoms with E-state index in [1.165, 1.54) is 0 Å². The first-order chi connectivity index (χ1) is 12.2. The first-order valence-electron chi connectivity index (χ1n) is 10.4. The van der Waals surface area contributed by atoms with E-state index < -0.39 is 59.4 Å². The summed E-state index contributed by atoms with van der Waals surface area (Å²) in [5.74, 6) is 0. The smallest absolute Gasteiger partial charge is 0.314 e. The van der Waals surface area contributed by atoms with Crippen molar-refractivity contribution in [1.29, 1.82) is 0 Å². The molecule has 0 N–H and O–H groups in total. The summed E-state index contributed by atoms with van der Waals surface area (Å²) >= 11 is 0. The minimum atomic E-state index is -2.46. The topological polar surface area (TPSA) is 55.4 Å². The fourth-order valence-corrected chi connectivity index (χ4v) is 37.4. The van der Waals surface area contributed by atoms with Gasteiger partial charge in [-0.25, -0.2) is 0 Å². The summed E-state index contributed by atoms with van der Waals surface area (Å²) in [6.07, 6.45) is 0. The molecule has 0 aromatic heterocycles. The highest BCUT2D eigenvalue weighted by molar-refractivity contribution is 6.91. The van der Waals surface area contributed by atoms with Crippen molar-refractivity contribution in [2.75, 3.05) is 0 Å². The molecule has 0 aromatic carbocycles. The molecule has 0 aromatic rings. The minimum Gasteiger partial charge on any atom is -0.437 e. The van der Waals surface area contributed by atoms with E-state index in [0.29, 0.717) is 0 Å². The van der Waals surface area contributed by atoms with Crippen molar-refractivity contribution in [1.82, 2.24) is 0 Å². The van der Waals surface area contributed by atoms with Crippen LogP contribution in [-0.2, 0) is 24.7 Å². The fraction of sp³-hybridized carbons (Fsp3) is 1.00. The zero-order valence-electron chi connectivity index (χ0n) is 21.9. The van der Waals surface area contributed by atoms with Crippen LogP contribution in [0.25, 0.3) is 0 Å². The SMILES string of the molecule is C[Si](C)(C)O[Si](C)(C)O[Si](C)(C)O[Si](C)(C)O[Si](C)(C)O[Si](C)(C)O[Si](C)(C)C. The predicted octanol–water partition coefficient (Wildman–Crippen LogP) is 6.26. The monoisotopic (exact) mass is 532 g/mol. The molecule has 0 rings (SSSR count). The summed E-state index contributed by atoms with van der Waals surface area (Å²) < 4.78 is 38.8. The van der Waals surface area contributed by atoms with Crippen molar-refractivity contribution < 1.29 is 24.7 Å². The second kappa shape index (κ2) is 9.64. The molecule has 29 heavy (non-hydrogen) atoms. The van der Waals surface area contributed by atoms with Crippen molar-refractivity contribution >= 4 is 59.4 Å². The van der Waals surface area contributed by atoms with Crippen LogP contribution in [0, 0.1) is 0 Å². The Morgan fingerprint density at radius 1 is 0.241 bits per heavy atom. The van der Waals surface area contributed by atoms with E-state index in [1.807, 2.05) is 0 Å². The Morgan fingerprint density at radius 2 is 0.379 bits per heavy atom. The van der Waals surface area contributed by atoms with E-state index in [-0.39, 0.29) is 0 Å². The maximum atomic E-state index is 6.57. The van der Waals surface area contributed by atoms with E-state index >= 15 is 0 Å². The van der Waals surface area contributed by atoms with Gasteiger partial charge in [0.2, 0.25) is 0 Å². The van der Waals surface area contributed by atoms with Gasteiger partial charge in [0.25, 0.3) is 0 Å². The summed E-state index contributed by atoms with van der Waals surface area (Å²) in [6.45, 7) is 34.2. The molecule has 13 heteroatoms. The molecule has 0 saturated heterocycles. The fourth-order valence-electron chi connectivity index (χ4n) is 3.95. The molecule has 6 nitrogen and oxygen atoms in total. The average molecular weight is 533 g/mol. The van der Waals surface area contributed by atoms with Crippen LogP contribution in [-0.4, -0.2) is 59.4 Å². The van der Waals surface area contributed by atoms with E-state index in [0.717, 1.165) is 0 Å². The zero-order valence-corrected chi connectivity index (χ0v) is 28.9. The zero-order chi connectivity index (χ0) is 23.7. The molecule has 0 unspecified atom stereocenters. The quantitative estimate of drug-likeness (QED) is 0.276. The molecule has 0 heterocycles. The lowest BCUT2D eigenvalue weighted by atomic mass is 11.8. The number of rotatable bonds is 12. The molecule has 0 saturated carbocycles. The third-order valence-corrected chi connectivity index (χ3v) is 27.6. The summed E-state index contributed by atoms with van der Waals surface area (Å²) in [5, 5.41) is 0. The van der Waals surface area contributed by atoms with Gasteiger partial charge in [-0.1, -0.05) is 0 Å². The normalized spacial score (nSPS) is 15.7. The van der Waals surface area contributed by atoms with Crippen molar-refractivity contribution in [2.45, 2.75) is 105 Å². The Labute approximate surface area is 188 Å². The summed E-state index contributed by atoms with van der Waals surface area (Å²) in [4.78, 5) is 0. The number of hydrogen-bond donors (Lipinski definition) is 0. The Morgan fingerprint density at radius 3 is 0.517 bits per heavy atom. The summed E-state index contributed by atoms with van der Waals surface area (Å²) in [7, 11) is -15.2. The van der Waals surface area contributed by atoms with Crippen LogP contribution < -0.4 is 0 Å². The molecule has 0 aliphatic heterocycles. The molecule has 0 spiro atoms. The summed E-state index contributed by atoms with van der Waals surface area (Å²) in [6, 6.07) is 0. The predicted molar refractivity (Wildman–Crippen MR) is 141 cm³/mol. The molecule has 0 aliphatic rings. The summed E-state index contributed by atoms with van der Waals surface area (Å²) in [5.41, 5.74) is 0. The number of hydrogen-bond acceptors (Lipinski definition) is 6. The lowest BCUT2D eigenvalue weighted by molar-refractivity contribution is 0.272. The minimum absolute atomic E-state index is 1.67. The molecule has 0 bridgehead atoms. The van der Waals surface area contributed by atoms with Crippen LogP contribution in [0.4, 0.5) is 0 Å². The lowest BCUT2D eigenvalue weighted by Crippen LogP contribution is -2.60. The highest BCUT2D eigenvalue weighted by Gasteiger charge is 2.47. The highest BCUT2D eigenvalue weighted by atomic mass is 28.5.